The fourth-order valence-corrected chi connectivity index (χ4v) is 3.49. The van der Waals surface area contributed by atoms with Crippen LogP contribution in [0.3, 0.4) is 0 Å². The average molecular weight is 388 g/mol. The van der Waals surface area contributed by atoms with Gasteiger partial charge in [0.05, 0.1) is 11.4 Å². The van der Waals surface area contributed by atoms with Crippen molar-refractivity contribution < 1.29 is 4.79 Å². The van der Waals surface area contributed by atoms with Gasteiger partial charge >= 0.3 is 0 Å². The SMILES string of the molecule is O=C(CCc1cccnc1)N1CCN(c2ccccc2Nc2ncccn2)CC1. The van der Waals surface area contributed by atoms with Crippen molar-refractivity contribution in [2.75, 3.05) is 36.4 Å². The monoisotopic (exact) mass is 388 g/mol. The summed E-state index contributed by atoms with van der Waals surface area (Å²) in [7, 11) is 0. The van der Waals surface area contributed by atoms with Crippen LogP contribution >= 0.6 is 0 Å². The standard InChI is InChI=1S/C22H24N6O/c29-21(9-8-18-5-3-10-23-17-18)28-15-13-27(14-16-28)20-7-2-1-6-19(20)26-22-24-11-4-12-25-22/h1-7,10-12,17H,8-9,13-16H2,(H,24,25,26). The number of carbonyl (C=O) groups excluding carboxylic acids is 1. The number of para-hydroxylation sites is 2. The van der Waals surface area contributed by atoms with Crippen molar-refractivity contribution in [2.45, 2.75) is 12.8 Å². The van der Waals surface area contributed by atoms with Gasteiger partial charge in [-0.1, -0.05) is 18.2 Å². The predicted octanol–water partition coefficient (Wildman–Crippen LogP) is 2.90. The highest BCUT2D eigenvalue weighted by Crippen LogP contribution is 2.28. The molecule has 0 spiro atoms. The van der Waals surface area contributed by atoms with E-state index in [0.717, 1.165) is 49.5 Å². The number of nitrogens with zero attached hydrogens (tertiary/aromatic N) is 5. The van der Waals surface area contributed by atoms with E-state index in [-0.39, 0.29) is 5.91 Å². The van der Waals surface area contributed by atoms with Crippen LogP contribution in [-0.4, -0.2) is 51.9 Å². The number of pyridine rings is 1. The average Bonchev–Trinajstić information content (AvgIpc) is 2.79. The van der Waals surface area contributed by atoms with Crippen molar-refractivity contribution >= 4 is 23.2 Å². The lowest BCUT2D eigenvalue weighted by atomic mass is 10.1. The van der Waals surface area contributed by atoms with Crippen LogP contribution in [-0.2, 0) is 11.2 Å². The minimum Gasteiger partial charge on any atom is -0.366 e. The second-order valence-electron chi connectivity index (χ2n) is 6.94. The molecule has 0 bridgehead atoms. The van der Waals surface area contributed by atoms with Gasteiger partial charge in [0.2, 0.25) is 11.9 Å². The third kappa shape index (κ3) is 4.87. The second-order valence-corrected chi connectivity index (χ2v) is 6.94. The molecule has 2 aromatic heterocycles. The Morgan fingerprint density at radius 1 is 0.931 bits per heavy atom. The van der Waals surface area contributed by atoms with E-state index in [1.54, 1.807) is 24.7 Å². The maximum atomic E-state index is 12.6. The fourth-order valence-electron chi connectivity index (χ4n) is 3.49. The first kappa shape index (κ1) is 18.9. The number of aromatic nitrogens is 3. The number of anilines is 3. The Morgan fingerprint density at radius 2 is 1.72 bits per heavy atom. The maximum absolute atomic E-state index is 12.6. The summed E-state index contributed by atoms with van der Waals surface area (Å²) >= 11 is 0. The molecule has 1 N–H and O–H groups in total. The van der Waals surface area contributed by atoms with Crippen molar-refractivity contribution in [1.29, 1.82) is 0 Å². The highest BCUT2D eigenvalue weighted by Gasteiger charge is 2.22. The van der Waals surface area contributed by atoms with Crippen molar-refractivity contribution in [1.82, 2.24) is 19.9 Å². The van der Waals surface area contributed by atoms with Crippen molar-refractivity contribution in [2.24, 2.45) is 0 Å². The highest BCUT2D eigenvalue weighted by atomic mass is 16.2. The molecule has 1 aliphatic rings. The summed E-state index contributed by atoms with van der Waals surface area (Å²) in [5.41, 5.74) is 3.17. The van der Waals surface area contributed by atoms with Gasteiger partial charge in [-0.2, -0.15) is 0 Å². The summed E-state index contributed by atoms with van der Waals surface area (Å²) in [5, 5.41) is 3.29. The Morgan fingerprint density at radius 3 is 2.48 bits per heavy atom. The van der Waals surface area contributed by atoms with Gasteiger partial charge in [0, 0.05) is 57.4 Å². The molecule has 0 saturated carbocycles. The number of benzene rings is 1. The molecular formula is C22H24N6O. The molecule has 1 aromatic carbocycles. The van der Waals surface area contributed by atoms with E-state index in [4.69, 9.17) is 0 Å². The van der Waals surface area contributed by atoms with E-state index in [2.05, 4.69) is 31.2 Å². The molecule has 3 heterocycles. The maximum Gasteiger partial charge on any atom is 0.227 e. The van der Waals surface area contributed by atoms with Crippen LogP contribution in [0, 0.1) is 0 Å². The number of carbonyl (C=O) groups is 1. The van der Waals surface area contributed by atoms with Gasteiger partial charge in [-0.15, -0.1) is 0 Å². The van der Waals surface area contributed by atoms with Crippen LogP contribution in [0.25, 0.3) is 0 Å². The number of amides is 1. The van der Waals surface area contributed by atoms with E-state index in [0.29, 0.717) is 12.4 Å². The van der Waals surface area contributed by atoms with Crippen LogP contribution in [0.1, 0.15) is 12.0 Å². The molecule has 29 heavy (non-hydrogen) atoms. The zero-order valence-electron chi connectivity index (χ0n) is 16.2. The van der Waals surface area contributed by atoms with Gasteiger partial charge in [0.15, 0.2) is 0 Å². The molecule has 3 aromatic rings. The molecule has 0 radical (unpaired) electrons. The molecular weight excluding hydrogens is 364 g/mol. The Bertz CT molecular complexity index is 926. The summed E-state index contributed by atoms with van der Waals surface area (Å²) in [4.78, 5) is 29.4. The lowest BCUT2D eigenvalue weighted by Crippen LogP contribution is -2.49. The second kappa shape index (κ2) is 9.14. The highest BCUT2D eigenvalue weighted by molar-refractivity contribution is 5.77. The zero-order valence-corrected chi connectivity index (χ0v) is 16.2. The molecule has 1 amide bonds. The number of rotatable bonds is 6. The van der Waals surface area contributed by atoms with Crippen LogP contribution in [0.2, 0.25) is 0 Å². The fraction of sp³-hybridized carbons (Fsp3) is 0.273. The van der Waals surface area contributed by atoms with E-state index < -0.39 is 0 Å². The summed E-state index contributed by atoms with van der Waals surface area (Å²) in [6.45, 7) is 3.05. The van der Waals surface area contributed by atoms with Crippen molar-refractivity contribution in [3.8, 4) is 0 Å². The topological polar surface area (TPSA) is 74.2 Å². The molecule has 4 rings (SSSR count). The van der Waals surface area contributed by atoms with Crippen LogP contribution in [0.4, 0.5) is 17.3 Å². The Hall–Kier alpha value is -3.48. The first-order valence-corrected chi connectivity index (χ1v) is 9.84. The van der Waals surface area contributed by atoms with Crippen molar-refractivity contribution in [3.63, 3.8) is 0 Å². The Kier molecular flexibility index (Phi) is 5.95. The van der Waals surface area contributed by atoms with Gasteiger partial charge in [-0.05, 0) is 36.2 Å². The molecule has 0 atom stereocenters. The normalized spacial score (nSPS) is 13.9. The summed E-state index contributed by atoms with van der Waals surface area (Å²) in [6.07, 6.45) is 8.26. The van der Waals surface area contributed by atoms with Crippen LogP contribution < -0.4 is 10.2 Å². The summed E-state index contributed by atoms with van der Waals surface area (Å²) < 4.78 is 0. The third-order valence-electron chi connectivity index (χ3n) is 5.04. The van der Waals surface area contributed by atoms with Gasteiger partial charge in [0.25, 0.3) is 0 Å². The minimum atomic E-state index is 0.206. The van der Waals surface area contributed by atoms with Crippen LogP contribution in [0.15, 0.2) is 67.3 Å². The van der Waals surface area contributed by atoms with E-state index in [1.807, 2.05) is 41.4 Å². The third-order valence-corrected chi connectivity index (χ3v) is 5.04. The zero-order chi connectivity index (χ0) is 19.9. The first-order chi connectivity index (χ1) is 14.3. The largest absolute Gasteiger partial charge is 0.366 e. The summed E-state index contributed by atoms with van der Waals surface area (Å²) in [5.74, 6) is 0.779. The number of aryl methyl sites for hydroxylation is 1. The molecule has 1 fully saturated rings. The Labute approximate surface area is 170 Å². The lowest BCUT2D eigenvalue weighted by Gasteiger charge is -2.37. The first-order valence-electron chi connectivity index (χ1n) is 9.84. The number of nitrogens with one attached hydrogen (secondary N) is 1. The number of hydrogen-bond donors (Lipinski definition) is 1. The van der Waals surface area contributed by atoms with E-state index in [1.165, 1.54) is 0 Å². The van der Waals surface area contributed by atoms with E-state index in [9.17, 15) is 4.79 Å². The van der Waals surface area contributed by atoms with Gasteiger partial charge < -0.3 is 15.1 Å². The molecule has 1 saturated heterocycles. The van der Waals surface area contributed by atoms with Gasteiger partial charge in [-0.3, -0.25) is 9.78 Å². The van der Waals surface area contributed by atoms with E-state index >= 15 is 0 Å². The molecule has 1 aliphatic heterocycles. The van der Waals surface area contributed by atoms with Gasteiger partial charge in [0.1, 0.15) is 0 Å². The lowest BCUT2D eigenvalue weighted by molar-refractivity contribution is -0.131. The molecule has 0 aliphatic carbocycles. The molecule has 7 heteroatoms. The van der Waals surface area contributed by atoms with Crippen LogP contribution in [0.5, 0.6) is 0 Å². The smallest absolute Gasteiger partial charge is 0.227 e. The quantitative estimate of drug-likeness (QED) is 0.700. The minimum absolute atomic E-state index is 0.206. The molecule has 148 valence electrons. The predicted molar refractivity (Wildman–Crippen MR) is 113 cm³/mol. The Balaban J connectivity index is 1.34. The number of hydrogen-bond acceptors (Lipinski definition) is 6. The van der Waals surface area contributed by atoms with Crippen molar-refractivity contribution in [3.05, 3.63) is 72.8 Å². The van der Waals surface area contributed by atoms with Gasteiger partial charge in [-0.25, -0.2) is 9.97 Å². The molecule has 0 unspecified atom stereocenters. The molecule has 7 nitrogen and oxygen atoms in total. The number of piperazine rings is 1. The summed E-state index contributed by atoms with van der Waals surface area (Å²) in [6, 6.07) is 13.8.